The van der Waals surface area contributed by atoms with Crippen LogP contribution in [0.1, 0.15) is 30.1 Å². The minimum Gasteiger partial charge on any atom is -0.383 e. The van der Waals surface area contributed by atoms with E-state index in [4.69, 9.17) is 4.74 Å². The summed E-state index contributed by atoms with van der Waals surface area (Å²) in [5.74, 6) is -1.83. The van der Waals surface area contributed by atoms with E-state index in [0.717, 1.165) is 25.9 Å². The van der Waals surface area contributed by atoms with Gasteiger partial charge >= 0.3 is 11.8 Å². The van der Waals surface area contributed by atoms with Crippen molar-refractivity contribution < 1.29 is 19.1 Å². The number of nitrogens with one attached hydrogen (secondary N) is 3. The van der Waals surface area contributed by atoms with Gasteiger partial charge in [0.2, 0.25) is 0 Å². The fraction of sp³-hybridized carbons (Fsp3) is 0.526. The van der Waals surface area contributed by atoms with Crippen molar-refractivity contribution in [1.29, 1.82) is 0 Å². The first-order chi connectivity index (χ1) is 13.1. The van der Waals surface area contributed by atoms with Crippen molar-refractivity contribution in [2.75, 3.05) is 45.2 Å². The van der Waals surface area contributed by atoms with Crippen molar-refractivity contribution in [2.45, 2.75) is 25.8 Å². The average molecular weight is 376 g/mol. The Morgan fingerprint density at radius 2 is 1.96 bits per heavy atom. The highest BCUT2D eigenvalue weighted by Gasteiger charge is 2.24. The maximum atomic E-state index is 12.2. The molecule has 0 bridgehead atoms. The molecule has 1 saturated heterocycles. The molecule has 0 saturated carbocycles. The summed E-state index contributed by atoms with van der Waals surface area (Å²) in [6, 6.07) is 6.84. The summed E-state index contributed by atoms with van der Waals surface area (Å²) in [7, 11) is 1.55. The zero-order valence-corrected chi connectivity index (χ0v) is 15.9. The molecule has 1 aliphatic rings. The van der Waals surface area contributed by atoms with Gasteiger partial charge in [-0.1, -0.05) is 19.1 Å². The standard InChI is InChI=1S/C19H28N4O4/c1-3-23-11-6-7-14(23)13-21-18(25)19(26)22-16-9-5-4-8-15(16)17(24)20-10-12-27-2/h4-5,8-9,14H,3,6-7,10-13H2,1-2H3,(H,20,24)(H,21,25)(H,22,26)/t14-/m1/s1. The van der Waals surface area contributed by atoms with E-state index in [-0.39, 0.29) is 11.9 Å². The predicted octanol–water partition coefficient (Wildman–Crippen LogP) is 0.602. The molecule has 0 spiro atoms. The minimum absolute atomic E-state index is 0.269. The zero-order chi connectivity index (χ0) is 19.6. The summed E-state index contributed by atoms with van der Waals surface area (Å²) in [5.41, 5.74) is 0.589. The van der Waals surface area contributed by atoms with Crippen LogP contribution in [-0.2, 0) is 14.3 Å². The van der Waals surface area contributed by atoms with Crippen molar-refractivity contribution in [3.05, 3.63) is 29.8 Å². The van der Waals surface area contributed by atoms with Crippen LogP contribution in [0, 0.1) is 0 Å². The molecule has 148 valence electrons. The lowest BCUT2D eigenvalue weighted by Crippen LogP contribution is -2.43. The highest BCUT2D eigenvalue weighted by molar-refractivity contribution is 6.40. The SMILES string of the molecule is CCN1CCC[C@@H]1CNC(=O)C(=O)Nc1ccccc1C(=O)NCCOC. The second-order valence-corrected chi connectivity index (χ2v) is 6.38. The van der Waals surface area contributed by atoms with Crippen molar-refractivity contribution in [1.82, 2.24) is 15.5 Å². The molecule has 1 fully saturated rings. The molecule has 2 rings (SSSR count). The summed E-state index contributed by atoms with van der Waals surface area (Å²) in [5, 5.41) is 7.91. The number of hydrogen-bond donors (Lipinski definition) is 3. The Balaban J connectivity index is 1.91. The van der Waals surface area contributed by atoms with Gasteiger partial charge < -0.3 is 20.7 Å². The quantitative estimate of drug-likeness (QED) is 0.456. The molecule has 1 aromatic rings. The molecule has 1 atom stereocenters. The van der Waals surface area contributed by atoms with E-state index in [9.17, 15) is 14.4 Å². The smallest absolute Gasteiger partial charge is 0.313 e. The van der Waals surface area contributed by atoms with E-state index in [1.54, 1.807) is 31.4 Å². The number of ether oxygens (including phenoxy) is 1. The van der Waals surface area contributed by atoms with Gasteiger partial charge in [0, 0.05) is 26.2 Å². The van der Waals surface area contributed by atoms with Gasteiger partial charge in [0.05, 0.1) is 17.9 Å². The largest absolute Gasteiger partial charge is 0.383 e. The molecule has 8 heteroatoms. The number of carbonyl (C=O) groups is 3. The molecule has 0 unspecified atom stereocenters. The number of methoxy groups -OCH3 is 1. The highest BCUT2D eigenvalue weighted by Crippen LogP contribution is 2.16. The number of benzene rings is 1. The maximum Gasteiger partial charge on any atom is 0.313 e. The molecule has 8 nitrogen and oxygen atoms in total. The van der Waals surface area contributed by atoms with Gasteiger partial charge in [-0.25, -0.2) is 0 Å². The van der Waals surface area contributed by atoms with Crippen LogP contribution in [0.5, 0.6) is 0 Å². The third-order valence-electron chi connectivity index (χ3n) is 4.62. The molecule has 3 amide bonds. The van der Waals surface area contributed by atoms with Crippen LogP contribution in [0.3, 0.4) is 0 Å². The van der Waals surface area contributed by atoms with Crippen molar-refractivity contribution in [2.24, 2.45) is 0 Å². The fourth-order valence-corrected chi connectivity index (χ4v) is 3.16. The third kappa shape index (κ3) is 6.04. The van der Waals surface area contributed by atoms with Crippen LogP contribution in [0.2, 0.25) is 0 Å². The molecule has 27 heavy (non-hydrogen) atoms. The van der Waals surface area contributed by atoms with Crippen LogP contribution in [0.4, 0.5) is 5.69 Å². The van der Waals surface area contributed by atoms with E-state index in [1.165, 1.54) is 0 Å². The number of amides is 3. The summed E-state index contributed by atoms with van der Waals surface area (Å²) < 4.78 is 4.90. The third-order valence-corrected chi connectivity index (χ3v) is 4.62. The Morgan fingerprint density at radius 3 is 2.70 bits per heavy atom. The van der Waals surface area contributed by atoms with Crippen LogP contribution in [0.25, 0.3) is 0 Å². The lowest BCUT2D eigenvalue weighted by molar-refractivity contribution is -0.136. The van der Waals surface area contributed by atoms with Crippen LogP contribution >= 0.6 is 0 Å². The number of likely N-dealkylation sites (tertiary alicyclic amines) is 1. The first-order valence-electron chi connectivity index (χ1n) is 9.26. The van der Waals surface area contributed by atoms with Gasteiger partial charge in [-0.15, -0.1) is 0 Å². The van der Waals surface area contributed by atoms with E-state index < -0.39 is 11.8 Å². The van der Waals surface area contributed by atoms with Gasteiger partial charge in [0.1, 0.15) is 0 Å². The van der Waals surface area contributed by atoms with Crippen LogP contribution in [0.15, 0.2) is 24.3 Å². The molecule has 1 aromatic carbocycles. The van der Waals surface area contributed by atoms with Gasteiger partial charge in [-0.3, -0.25) is 19.3 Å². The second-order valence-electron chi connectivity index (χ2n) is 6.38. The van der Waals surface area contributed by atoms with Gasteiger partial charge in [-0.05, 0) is 38.1 Å². The Labute approximate surface area is 159 Å². The Kier molecular flexibility index (Phi) is 8.22. The molecule has 1 aliphatic heterocycles. The number of nitrogens with zero attached hydrogens (tertiary/aromatic N) is 1. The summed E-state index contributed by atoms with van der Waals surface area (Å²) in [4.78, 5) is 38.9. The van der Waals surface area contributed by atoms with Crippen LogP contribution < -0.4 is 16.0 Å². The molecular weight excluding hydrogens is 348 g/mol. The van der Waals surface area contributed by atoms with Crippen LogP contribution in [-0.4, -0.2) is 68.6 Å². The first kappa shape index (κ1) is 20.9. The van der Waals surface area contributed by atoms with Gasteiger partial charge in [-0.2, -0.15) is 0 Å². The lowest BCUT2D eigenvalue weighted by Gasteiger charge is -2.22. The number of carbonyl (C=O) groups excluding carboxylic acids is 3. The van der Waals surface area contributed by atoms with E-state index in [2.05, 4.69) is 27.8 Å². The number of para-hydroxylation sites is 1. The monoisotopic (exact) mass is 376 g/mol. The maximum absolute atomic E-state index is 12.2. The topological polar surface area (TPSA) is 99.8 Å². The predicted molar refractivity (Wildman–Crippen MR) is 103 cm³/mol. The second kappa shape index (κ2) is 10.6. The molecule has 0 aromatic heterocycles. The molecule has 3 N–H and O–H groups in total. The molecule has 0 radical (unpaired) electrons. The van der Waals surface area contributed by atoms with Crippen molar-refractivity contribution >= 4 is 23.4 Å². The molecule has 0 aliphatic carbocycles. The Bertz CT molecular complexity index is 665. The summed E-state index contributed by atoms with van der Waals surface area (Å²) in [6.45, 7) is 5.22. The fourth-order valence-electron chi connectivity index (χ4n) is 3.16. The number of rotatable bonds is 8. The van der Waals surface area contributed by atoms with E-state index in [1.807, 2.05) is 0 Å². The number of anilines is 1. The van der Waals surface area contributed by atoms with E-state index >= 15 is 0 Å². The van der Waals surface area contributed by atoms with Crippen molar-refractivity contribution in [3.8, 4) is 0 Å². The molecule has 1 heterocycles. The Hall–Kier alpha value is -2.45. The van der Waals surface area contributed by atoms with Gasteiger partial charge in [0.25, 0.3) is 5.91 Å². The van der Waals surface area contributed by atoms with Crippen molar-refractivity contribution in [3.63, 3.8) is 0 Å². The summed E-state index contributed by atoms with van der Waals surface area (Å²) >= 11 is 0. The first-order valence-corrected chi connectivity index (χ1v) is 9.26. The molecular formula is C19H28N4O4. The normalized spacial score (nSPS) is 16.7. The minimum atomic E-state index is -0.784. The zero-order valence-electron chi connectivity index (χ0n) is 15.9. The average Bonchev–Trinajstić information content (AvgIpc) is 3.14. The van der Waals surface area contributed by atoms with Gasteiger partial charge in [0.15, 0.2) is 0 Å². The Morgan fingerprint density at radius 1 is 1.19 bits per heavy atom. The number of hydrogen-bond acceptors (Lipinski definition) is 5. The highest BCUT2D eigenvalue weighted by atomic mass is 16.5. The number of likely N-dealkylation sites (N-methyl/N-ethyl adjacent to an activating group) is 1. The summed E-state index contributed by atoms with van der Waals surface area (Å²) in [6.07, 6.45) is 2.12. The lowest BCUT2D eigenvalue weighted by atomic mass is 10.1. The van der Waals surface area contributed by atoms with E-state index in [0.29, 0.717) is 30.9 Å².